The number of carbonyl (C=O) groups is 1. The maximum absolute atomic E-state index is 12.2. The van der Waals surface area contributed by atoms with E-state index in [1.165, 1.54) is 0 Å². The Hall–Kier alpha value is -2.16. The molecule has 1 fully saturated rings. The molecule has 1 aliphatic heterocycles. The zero-order valence-corrected chi connectivity index (χ0v) is 16.5. The van der Waals surface area contributed by atoms with E-state index in [4.69, 9.17) is 14.2 Å². The normalized spacial score (nSPS) is 14.7. The monoisotopic (exact) mass is 391 g/mol. The first-order valence-electron chi connectivity index (χ1n) is 8.89. The van der Waals surface area contributed by atoms with Gasteiger partial charge in [0, 0.05) is 25.0 Å². The number of carbonyl (C=O) groups excluding carboxylic acids is 1. The molecule has 0 saturated carbocycles. The molecule has 0 bridgehead atoms. The summed E-state index contributed by atoms with van der Waals surface area (Å²) in [5.74, 6) is 1.27. The molecule has 0 aliphatic carbocycles. The SMILES string of the molecule is COc1ccc(CNC(=O)Cc2csc(CN3CCOCC3)n2)cc1OC. The van der Waals surface area contributed by atoms with Crippen molar-refractivity contribution in [3.8, 4) is 11.5 Å². The number of aromatic nitrogens is 1. The number of amides is 1. The number of benzene rings is 1. The van der Waals surface area contributed by atoms with Gasteiger partial charge in [0.15, 0.2) is 11.5 Å². The number of hydrogen-bond acceptors (Lipinski definition) is 7. The van der Waals surface area contributed by atoms with Gasteiger partial charge >= 0.3 is 0 Å². The van der Waals surface area contributed by atoms with E-state index in [-0.39, 0.29) is 12.3 Å². The molecule has 2 aromatic rings. The lowest BCUT2D eigenvalue weighted by Gasteiger charge is -2.25. The third kappa shape index (κ3) is 5.66. The highest BCUT2D eigenvalue weighted by molar-refractivity contribution is 7.09. The number of nitrogens with zero attached hydrogens (tertiary/aromatic N) is 2. The van der Waals surface area contributed by atoms with Crippen molar-refractivity contribution in [3.63, 3.8) is 0 Å². The maximum atomic E-state index is 12.2. The topological polar surface area (TPSA) is 72.9 Å². The van der Waals surface area contributed by atoms with Gasteiger partial charge in [-0.3, -0.25) is 9.69 Å². The number of ether oxygens (including phenoxy) is 3. The molecule has 2 heterocycles. The van der Waals surface area contributed by atoms with Gasteiger partial charge in [-0.15, -0.1) is 11.3 Å². The Bertz CT molecular complexity index is 759. The number of nitrogens with one attached hydrogen (secondary N) is 1. The van der Waals surface area contributed by atoms with Gasteiger partial charge in [0.2, 0.25) is 5.91 Å². The van der Waals surface area contributed by atoms with Gasteiger partial charge in [0.1, 0.15) is 5.01 Å². The van der Waals surface area contributed by atoms with E-state index >= 15 is 0 Å². The Kier molecular flexibility index (Phi) is 7.03. The highest BCUT2D eigenvalue weighted by atomic mass is 32.1. The standard InChI is InChI=1S/C19H25N3O4S/c1-24-16-4-3-14(9-17(16)25-2)11-20-18(23)10-15-13-27-19(21-15)12-22-5-7-26-8-6-22/h3-4,9,13H,5-8,10-12H2,1-2H3,(H,20,23). The van der Waals surface area contributed by atoms with Gasteiger partial charge in [0.25, 0.3) is 0 Å². The zero-order chi connectivity index (χ0) is 19.1. The molecule has 3 rings (SSSR count). The molecular formula is C19H25N3O4S. The van der Waals surface area contributed by atoms with E-state index in [1.54, 1.807) is 25.6 Å². The van der Waals surface area contributed by atoms with Crippen LogP contribution in [0.5, 0.6) is 11.5 Å². The summed E-state index contributed by atoms with van der Waals surface area (Å²) < 4.78 is 15.9. The predicted molar refractivity (Wildman–Crippen MR) is 103 cm³/mol. The summed E-state index contributed by atoms with van der Waals surface area (Å²) in [6, 6.07) is 5.60. The van der Waals surface area contributed by atoms with Crippen molar-refractivity contribution in [2.24, 2.45) is 0 Å². The van der Waals surface area contributed by atoms with Gasteiger partial charge in [0.05, 0.1) is 46.1 Å². The highest BCUT2D eigenvalue weighted by Crippen LogP contribution is 2.27. The van der Waals surface area contributed by atoms with Crippen molar-refractivity contribution < 1.29 is 19.0 Å². The molecule has 1 saturated heterocycles. The van der Waals surface area contributed by atoms with Crippen LogP contribution >= 0.6 is 11.3 Å². The van der Waals surface area contributed by atoms with Crippen LogP contribution in [0.1, 0.15) is 16.3 Å². The fourth-order valence-corrected chi connectivity index (χ4v) is 3.71. The molecule has 0 unspecified atom stereocenters. The first kappa shape index (κ1) is 19.6. The van der Waals surface area contributed by atoms with Crippen LogP contribution in [0.4, 0.5) is 0 Å². The summed E-state index contributed by atoms with van der Waals surface area (Å²) in [5.41, 5.74) is 1.76. The van der Waals surface area contributed by atoms with Crippen LogP contribution in [0.2, 0.25) is 0 Å². The fourth-order valence-electron chi connectivity index (χ4n) is 2.87. The Balaban J connectivity index is 1.48. The largest absolute Gasteiger partial charge is 0.493 e. The molecule has 1 aromatic carbocycles. The average Bonchev–Trinajstić information content (AvgIpc) is 3.13. The third-order valence-corrected chi connectivity index (χ3v) is 5.22. The quantitative estimate of drug-likeness (QED) is 0.740. The maximum Gasteiger partial charge on any atom is 0.226 e. The van der Waals surface area contributed by atoms with Crippen molar-refractivity contribution in [1.82, 2.24) is 15.2 Å². The fraction of sp³-hybridized carbons (Fsp3) is 0.474. The summed E-state index contributed by atoms with van der Waals surface area (Å²) in [6.45, 7) is 4.67. The van der Waals surface area contributed by atoms with E-state index in [9.17, 15) is 4.79 Å². The second-order valence-electron chi connectivity index (χ2n) is 6.26. The zero-order valence-electron chi connectivity index (χ0n) is 15.7. The van der Waals surface area contributed by atoms with Crippen LogP contribution < -0.4 is 14.8 Å². The first-order valence-corrected chi connectivity index (χ1v) is 9.77. The van der Waals surface area contributed by atoms with E-state index in [1.807, 2.05) is 23.6 Å². The van der Waals surface area contributed by atoms with E-state index < -0.39 is 0 Å². The predicted octanol–water partition coefficient (Wildman–Crippen LogP) is 1.85. The van der Waals surface area contributed by atoms with Gasteiger partial charge < -0.3 is 19.5 Å². The van der Waals surface area contributed by atoms with Crippen LogP contribution in [0.25, 0.3) is 0 Å². The van der Waals surface area contributed by atoms with Crippen LogP contribution in [0.15, 0.2) is 23.6 Å². The molecule has 1 aliphatic rings. The van der Waals surface area contributed by atoms with Crippen molar-refractivity contribution >= 4 is 17.2 Å². The van der Waals surface area contributed by atoms with Gasteiger partial charge in [-0.2, -0.15) is 0 Å². The van der Waals surface area contributed by atoms with Crippen molar-refractivity contribution in [1.29, 1.82) is 0 Å². The lowest BCUT2D eigenvalue weighted by molar-refractivity contribution is -0.120. The molecule has 1 N–H and O–H groups in total. The summed E-state index contributed by atoms with van der Waals surface area (Å²) in [4.78, 5) is 19.1. The number of methoxy groups -OCH3 is 2. The summed E-state index contributed by atoms with van der Waals surface area (Å²) in [5, 5.41) is 5.93. The lowest BCUT2D eigenvalue weighted by atomic mass is 10.2. The van der Waals surface area contributed by atoms with Crippen molar-refractivity contribution in [3.05, 3.63) is 39.8 Å². The molecule has 7 nitrogen and oxygen atoms in total. The lowest BCUT2D eigenvalue weighted by Crippen LogP contribution is -2.35. The van der Waals surface area contributed by atoms with Crippen molar-refractivity contribution in [2.75, 3.05) is 40.5 Å². The molecule has 0 atom stereocenters. The van der Waals surface area contributed by atoms with Gasteiger partial charge in [-0.05, 0) is 17.7 Å². The Morgan fingerprint density at radius 2 is 2.04 bits per heavy atom. The Morgan fingerprint density at radius 3 is 2.78 bits per heavy atom. The average molecular weight is 391 g/mol. The summed E-state index contributed by atoms with van der Waals surface area (Å²) in [6.07, 6.45) is 0.285. The molecule has 0 spiro atoms. The smallest absolute Gasteiger partial charge is 0.226 e. The number of thiazole rings is 1. The van der Waals surface area contributed by atoms with Gasteiger partial charge in [-0.1, -0.05) is 6.07 Å². The molecule has 146 valence electrons. The number of morpholine rings is 1. The molecule has 27 heavy (non-hydrogen) atoms. The molecule has 0 radical (unpaired) electrons. The minimum Gasteiger partial charge on any atom is -0.493 e. The second-order valence-corrected chi connectivity index (χ2v) is 7.21. The Morgan fingerprint density at radius 1 is 1.26 bits per heavy atom. The van der Waals surface area contributed by atoms with E-state index in [2.05, 4.69) is 15.2 Å². The summed E-state index contributed by atoms with van der Waals surface area (Å²) >= 11 is 1.60. The minimum absolute atomic E-state index is 0.0481. The minimum atomic E-state index is -0.0481. The molecule has 1 aromatic heterocycles. The van der Waals surface area contributed by atoms with Crippen LogP contribution in [-0.4, -0.2) is 56.3 Å². The molecule has 1 amide bonds. The van der Waals surface area contributed by atoms with E-state index in [0.29, 0.717) is 18.0 Å². The Labute approximate surface area is 163 Å². The van der Waals surface area contributed by atoms with Crippen LogP contribution in [-0.2, 0) is 29.0 Å². The number of rotatable bonds is 8. The van der Waals surface area contributed by atoms with Crippen molar-refractivity contribution in [2.45, 2.75) is 19.5 Å². The van der Waals surface area contributed by atoms with Gasteiger partial charge in [-0.25, -0.2) is 4.98 Å². The first-order chi connectivity index (χ1) is 13.2. The second kappa shape index (κ2) is 9.68. The third-order valence-electron chi connectivity index (χ3n) is 4.34. The summed E-state index contributed by atoms with van der Waals surface area (Å²) in [7, 11) is 3.19. The number of hydrogen-bond donors (Lipinski definition) is 1. The molecule has 8 heteroatoms. The van der Waals surface area contributed by atoms with E-state index in [0.717, 1.165) is 49.1 Å². The van der Waals surface area contributed by atoms with Crippen LogP contribution in [0.3, 0.4) is 0 Å². The van der Waals surface area contributed by atoms with Crippen LogP contribution in [0, 0.1) is 0 Å². The highest BCUT2D eigenvalue weighted by Gasteiger charge is 2.14. The molecular weight excluding hydrogens is 366 g/mol.